The highest BCUT2D eigenvalue weighted by Gasteiger charge is 2.19. The van der Waals surface area contributed by atoms with Crippen molar-refractivity contribution in [3.8, 4) is 68.1 Å². The van der Waals surface area contributed by atoms with Gasteiger partial charge >= 0.3 is 0 Å². The van der Waals surface area contributed by atoms with E-state index in [1.54, 1.807) is 11.3 Å². The van der Waals surface area contributed by atoms with Crippen molar-refractivity contribution in [2.75, 3.05) is 0 Å². The van der Waals surface area contributed by atoms with E-state index in [1.165, 1.54) is 20.2 Å². The van der Waals surface area contributed by atoms with Gasteiger partial charge in [0.2, 0.25) is 0 Å². The van der Waals surface area contributed by atoms with Gasteiger partial charge < -0.3 is 0 Å². The maximum absolute atomic E-state index is 5.25. The molecule has 0 aliphatic rings. The molecule has 262 valence electrons. The summed E-state index contributed by atoms with van der Waals surface area (Å²) in [6.45, 7) is 0. The highest BCUT2D eigenvalue weighted by Crippen LogP contribution is 2.38. The minimum absolute atomic E-state index is 0.620. The largest absolute Gasteiger partial charge is 0.258 e. The topological polar surface area (TPSA) is 81.8 Å². The van der Waals surface area contributed by atoms with Crippen LogP contribution >= 0.6 is 11.3 Å². The summed E-state index contributed by atoms with van der Waals surface area (Å²) in [5.74, 6) is 3.43. The first-order valence-corrected chi connectivity index (χ1v) is 19.2. The molecule has 0 aliphatic heterocycles. The van der Waals surface area contributed by atoms with E-state index < -0.39 is 0 Å². The molecule has 0 bridgehead atoms. The lowest BCUT2D eigenvalue weighted by molar-refractivity contribution is 1.07. The van der Waals surface area contributed by atoms with Crippen molar-refractivity contribution in [2.24, 2.45) is 0 Å². The quantitative estimate of drug-likeness (QED) is 0.169. The lowest BCUT2D eigenvalue weighted by atomic mass is 10.0. The van der Waals surface area contributed by atoms with Gasteiger partial charge in [-0.3, -0.25) is 4.40 Å². The third-order valence-corrected chi connectivity index (χ3v) is 11.3. The van der Waals surface area contributed by atoms with E-state index in [9.17, 15) is 0 Å². The van der Waals surface area contributed by atoms with Crippen LogP contribution in [-0.4, -0.2) is 34.5 Å². The summed E-state index contributed by atoms with van der Waals surface area (Å²) < 4.78 is 4.59. The molecule has 0 saturated carbocycles. The first-order valence-electron chi connectivity index (χ1n) is 18.4. The van der Waals surface area contributed by atoms with Gasteiger partial charge in [0.25, 0.3) is 0 Å². The molecule has 0 aliphatic carbocycles. The third-order valence-electron chi connectivity index (χ3n) is 10.2. The molecule has 0 spiro atoms. The second-order valence-electron chi connectivity index (χ2n) is 13.6. The fourth-order valence-corrected chi connectivity index (χ4v) is 8.56. The van der Waals surface area contributed by atoms with E-state index in [4.69, 9.17) is 30.1 Å². The van der Waals surface area contributed by atoms with Gasteiger partial charge in [0.1, 0.15) is 5.82 Å². The summed E-state index contributed by atoms with van der Waals surface area (Å²) in [5.41, 5.74) is 8.50. The van der Waals surface area contributed by atoms with Crippen LogP contribution in [-0.2, 0) is 0 Å². The molecular formula is C48H29N7S. The lowest BCUT2D eigenvalue weighted by Crippen LogP contribution is -2.00. The van der Waals surface area contributed by atoms with Crippen LogP contribution in [0.3, 0.4) is 0 Å². The number of thiophene rings is 1. The molecule has 0 amide bonds. The third kappa shape index (κ3) is 5.51. The SMILES string of the molecule is c1ccc(-c2nc(-c3ccccc3)nc(-c3ccc(-c4cccc(-c5nc6ccccc6c6nnc(-c7ccc8c(c7)sc7ccccc78)n56)c4)cc3)n2)cc1. The van der Waals surface area contributed by atoms with E-state index in [0.717, 1.165) is 67.1 Å². The molecule has 11 rings (SSSR count). The van der Waals surface area contributed by atoms with Crippen molar-refractivity contribution in [2.45, 2.75) is 0 Å². The molecule has 8 heteroatoms. The van der Waals surface area contributed by atoms with Crippen molar-refractivity contribution < 1.29 is 0 Å². The van der Waals surface area contributed by atoms with Crippen LogP contribution in [0.15, 0.2) is 176 Å². The van der Waals surface area contributed by atoms with Crippen LogP contribution in [0.1, 0.15) is 0 Å². The van der Waals surface area contributed by atoms with Crippen molar-refractivity contribution in [1.82, 2.24) is 34.5 Å². The van der Waals surface area contributed by atoms with Gasteiger partial charge in [-0.15, -0.1) is 21.5 Å². The molecule has 0 radical (unpaired) electrons. The molecule has 0 saturated heterocycles. The van der Waals surface area contributed by atoms with Crippen LogP contribution in [0.25, 0.3) is 105 Å². The Bertz CT molecular complexity index is 3190. The Balaban J connectivity index is 1.00. The molecule has 0 atom stereocenters. The molecular weight excluding hydrogens is 707 g/mol. The van der Waals surface area contributed by atoms with Crippen LogP contribution < -0.4 is 0 Å². The Kier molecular flexibility index (Phi) is 7.53. The zero-order valence-electron chi connectivity index (χ0n) is 29.8. The Morgan fingerprint density at radius 2 is 0.875 bits per heavy atom. The number of fused-ring (bicyclic) bond motifs is 6. The molecule has 7 aromatic carbocycles. The van der Waals surface area contributed by atoms with Crippen LogP contribution in [0.5, 0.6) is 0 Å². The maximum Gasteiger partial charge on any atom is 0.172 e. The second kappa shape index (κ2) is 13.2. The summed E-state index contributed by atoms with van der Waals surface area (Å²) in [6, 6.07) is 60.2. The number of rotatable bonds is 6. The number of benzene rings is 7. The number of para-hydroxylation sites is 1. The zero-order chi connectivity index (χ0) is 37.0. The Morgan fingerprint density at radius 1 is 0.339 bits per heavy atom. The van der Waals surface area contributed by atoms with Crippen LogP contribution in [0.2, 0.25) is 0 Å². The molecule has 0 N–H and O–H groups in total. The summed E-state index contributed by atoms with van der Waals surface area (Å²) in [5, 5.41) is 13.0. The van der Waals surface area contributed by atoms with Gasteiger partial charge in [0.05, 0.1) is 5.52 Å². The summed E-state index contributed by atoms with van der Waals surface area (Å²) in [6.07, 6.45) is 0. The minimum Gasteiger partial charge on any atom is -0.258 e. The molecule has 11 aromatic rings. The normalized spacial score (nSPS) is 11.6. The molecule has 4 heterocycles. The first-order chi connectivity index (χ1) is 27.7. The predicted octanol–water partition coefficient (Wildman–Crippen LogP) is 11.8. The van der Waals surface area contributed by atoms with Crippen molar-refractivity contribution in [3.63, 3.8) is 0 Å². The fourth-order valence-electron chi connectivity index (χ4n) is 7.42. The highest BCUT2D eigenvalue weighted by molar-refractivity contribution is 7.25. The van der Waals surface area contributed by atoms with Crippen molar-refractivity contribution in [1.29, 1.82) is 0 Å². The first kappa shape index (κ1) is 32.0. The second-order valence-corrected chi connectivity index (χ2v) is 14.7. The summed E-state index contributed by atoms with van der Waals surface area (Å²) in [7, 11) is 0. The maximum atomic E-state index is 5.25. The molecule has 56 heavy (non-hydrogen) atoms. The Hall–Kier alpha value is -7.42. The van der Waals surface area contributed by atoms with E-state index in [2.05, 4.69) is 101 Å². The highest BCUT2D eigenvalue weighted by atomic mass is 32.1. The Labute approximate surface area is 325 Å². The van der Waals surface area contributed by atoms with E-state index >= 15 is 0 Å². The van der Waals surface area contributed by atoms with Gasteiger partial charge in [-0.25, -0.2) is 19.9 Å². The summed E-state index contributed by atoms with van der Waals surface area (Å²) in [4.78, 5) is 19.9. The molecule has 0 fully saturated rings. The number of nitrogens with zero attached hydrogens (tertiary/aromatic N) is 7. The average molecular weight is 736 g/mol. The van der Waals surface area contributed by atoms with Gasteiger partial charge in [-0.05, 0) is 41.5 Å². The molecule has 7 nitrogen and oxygen atoms in total. The standard InChI is InChI=1S/C48H29N7S/c1-3-12-31(13-4-1)43-50-44(32-14-5-2-6-15-32)52-45(51-43)33-24-22-30(23-25-33)34-16-11-17-35(28-34)46-49-40-20-9-7-19-39(40)48-54-53-47(55(46)48)36-26-27-38-37-18-8-10-21-41(37)56-42(38)29-36/h1-29H. The van der Waals surface area contributed by atoms with Gasteiger partial charge in [0, 0.05) is 53.4 Å². The minimum atomic E-state index is 0.620. The van der Waals surface area contributed by atoms with Gasteiger partial charge in [0.15, 0.2) is 28.9 Å². The van der Waals surface area contributed by atoms with Crippen molar-refractivity contribution in [3.05, 3.63) is 176 Å². The average Bonchev–Trinajstić information content (AvgIpc) is 3.89. The van der Waals surface area contributed by atoms with Gasteiger partial charge in [-0.2, -0.15) is 0 Å². The van der Waals surface area contributed by atoms with E-state index in [-0.39, 0.29) is 0 Å². The fraction of sp³-hybridized carbons (Fsp3) is 0. The van der Waals surface area contributed by atoms with Crippen LogP contribution in [0.4, 0.5) is 0 Å². The smallest absolute Gasteiger partial charge is 0.172 e. The zero-order valence-corrected chi connectivity index (χ0v) is 30.6. The van der Waals surface area contributed by atoms with Gasteiger partial charge in [-0.1, -0.05) is 146 Å². The number of aromatic nitrogens is 7. The number of hydrogen-bond donors (Lipinski definition) is 0. The van der Waals surface area contributed by atoms with Crippen LogP contribution in [0, 0.1) is 0 Å². The monoisotopic (exact) mass is 735 g/mol. The van der Waals surface area contributed by atoms with E-state index in [0.29, 0.717) is 17.5 Å². The number of hydrogen-bond acceptors (Lipinski definition) is 7. The Morgan fingerprint density at radius 3 is 1.61 bits per heavy atom. The van der Waals surface area contributed by atoms with E-state index in [1.807, 2.05) is 78.9 Å². The lowest BCUT2D eigenvalue weighted by Gasteiger charge is -2.12. The predicted molar refractivity (Wildman–Crippen MR) is 227 cm³/mol. The molecule has 4 aromatic heterocycles. The summed E-state index contributed by atoms with van der Waals surface area (Å²) >= 11 is 1.80. The van der Waals surface area contributed by atoms with Crippen molar-refractivity contribution >= 4 is 48.1 Å². The molecule has 0 unspecified atom stereocenters.